The SMILES string of the molecule is CC(C)(C)c1cccc(C(=O)Nc2cccc3c2C(=O)c2ccccc2C3=O)c1. The zero-order valence-electron chi connectivity index (χ0n) is 16.6. The Morgan fingerprint density at radius 2 is 1.38 bits per heavy atom. The Kier molecular flexibility index (Phi) is 4.42. The number of ketones is 2. The third-order valence-corrected chi connectivity index (χ3v) is 5.19. The first kappa shape index (κ1) is 18.8. The molecule has 29 heavy (non-hydrogen) atoms. The number of amides is 1. The van der Waals surface area contributed by atoms with Crippen LogP contribution in [-0.4, -0.2) is 17.5 Å². The maximum atomic E-state index is 13.1. The fourth-order valence-electron chi connectivity index (χ4n) is 3.57. The lowest BCUT2D eigenvalue weighted by Crippen LogP contribution is -2.24. The summed E-state index contributed by atoms with van der Waals surface area (Å²) < 4.78 is 0. The summed E-state index contributed by atoms with van der Waals surface area (Å²) in [6.07, 6.45) is 0. The minimum absolute atomic E-state index is 0.0890. The summed E-state index contributed by atoms with van der Waals surface area (Å²) >= 11 is 0. The first-order valence-electron chi connectivity index (χ1n) is 9.51. The van der Waals surface area contributed by atoms with Gasteiger partial charge in [0.2, 0.25) is 0 Å². The maximum absolute atomic E-state index is 13.1. The number of hydrogen-bond acceptors (Lipinski definition) is 3. The monoisotopic (exact) mass is 383 g/mol. The molecule has 1 N–H and O–H groups in total. The number of carbonyl (C=O) groups excluding carboxylic acids is 3. The highest BCUT2D eigenvalue weighted by atomic mass is 16.2. The Labute approximate surface area is 169 Å². The highest BCUT2D eigenvalue weighted by Gasteiger charge is 2.31. The standard InChI is InChI=1S/C25H21NO3/c1-25(2,3)16-9-6-8-15(14-16)24(29)26-20-13-7-12-19-21(20)23(28)18-11-5-4-10-17(18)22(19)27/h4-14H,1-3H3,(H,26,29). The first-order valence-corrected chi connectivity index (χ1v) is 9.51. The number of carbonyl (C=O) groups is 3. The quantitative estimate of drug-likeness (QED) is 0.529. The first-order chi connectivity index (χ1) is 13.8. The van der Waals surface area contributed by atoms with Crippen LogP contribution < -0.4 is 5.32 Å². The van der Waals surface area contributed by atoms with Gasteiger partial charge in [-0.1, -0.05) is 69.3 Å². The van der Waals surface area contributed by atoms with Gasteiger partial charge in [0.15, 0.2) is 11.6 Å². The molecule has 4 nitrogen and oxygen atoms in total. The number of fused-ring (bicyclic) bond motifs is 2. The summed E-state index contributed by atoms with van der Waals surface area (Å²) in [6.45, 7) is 6.25. The van der Waals surface area contributed by atoms with Gasteiger partial charge in [0.05, 0.1) is 11.3 Å². The molecule has 0 heterocycles. The number of benzene rings is 3. The van der Waals surface area contributed by atoms with Gasteiger partial charge in [-0.25, -0.2) is 0 Å². The van der Waals surface area contributed by atoms with E-state index in [2.05, 4.69) is 26.1 Å². The summed E-state index contributed by atoms with van der Waals surface area (Å²) in [7, 11) is 0. The molecule has 3 aromatic rings. The molecule has 0 aliphatic heterocycles. The van der Waals surface area contributed by atoms with E-state index in [1.54, 1.807) is 48.5 Å². The van der Waals surface area contributed by atoms with E-state index in [0.29, 0.717) is 27.9 Å². The molecule has 4 heteroatoms. The molecule has 1 aliphatic carbocycles. The van der Waals surface area contributed by atoms with E-state index in [9.17, 15) is 14.4 Å². The molecule has 1 aliphatic rings. The van der Waals surface area contributed by atoms with E-state index < -0.39 is 0 Å². The highest BCUT2D eigenvalue weighted by molar-refractivity contribution is 6.30. The lowest BCUT2D eigenvalue weighted by molar-refractivity contribution is 0.0978. The minimum atomic E-state index is -0.316. The average Bonchev–Trinajstić information content (AvgIpc) is 2.71. The molecule has 0 radical (unpaired) electrons. The van der Waals surface area contributed by atoms with Crippen molar-refractivity contribution in [3.63, 3.8) is 0 Å². The molecular formula is C25H21NO3. The number of anilines is 1. The van der Waals surface area contributed by atoms with Gasteiger partial charge in [-0.2, -0.15) is 0 Å². The fourth-order valence-corrected chi connectivity index (χ4v) is 3.57. The second kappa shape index (κ2) is 6.82. The van der Waals surface area contributed by atoms with E-state index in [1.807, 2.05) is 18.2 Å². The van der Waals surface area contributed by atoms with Crippen LogP contribution in [0, 0.1) is 0 Å². The van der Waals surface area contributed by atoms with Crippen molar-refractivity contribution in [2.24, 2.45) is 0 Å². The lowest BCUT2D eigenvalue weighted by Gasteiger charge is -2.21. The molecule has 0 spiro atoms. The third kappa shape index (κ3) is 3.27. The van der Waals surface area contributed by atoms with E-state index in [1.165, 1.54) is 0 Å². The van der Waals surface area contributed by atoms with Crippen molar-refractivity contribution >= 4 is 23.2 Å². The Morgan fingerprint density at radius 1 is 0.759 bits per heavy atom. The Morgan fingerprint density at radius 3 is 2.07 bits per heavy atom. The van der Waals surface area contributed by atoms with Crippen molar-refractivity contribution in [3.8, 4) is 0 Å². The van der Waals surface area contributed by atoms with Crippen LogP contribution in [0.25, 0.3) is 0 Å². The summed E-state index contributed by atoms with van der Waals surface area (Å²) in [5, 5.41) is 2.83. The van der Waals surface area contributed by atoms with Crippen LogP contribution in [0.4, 0.5) is 5.69 Å². The number of rotatable bonds is 2. The molecule has 0 aromatic heterocycles. The number of hydrogen-bond donors (Lipinski definition) is 1. The van der Waals surface area contributed by atoms with Crippen molar-refractivity contribution in [1.29, 1.82) is 0 Å². The molecule has 0 saturated heterocycles. The van der Waals surface area contributed by atoms with Crippen molar-refractivity contribution in [1.82, 2.24) is 0 Å². The molecule has 0 bridgehead atoms. The maximum Gasteiger partial charge on any atom is 0.255 e. The average molecular weight is 383 g/mol. The van der Waals surface area contributed by atoms with Gasteiger partial charge in [-0.05, 0) is 29.2 Å². The van der Waals surface area contributed by atoms with E-state index in [-0.39, 0.29) is 28.5 Å². The van der Waals surface area contributed by atoms with Crippen LogP contribution in [0.15, 0.2) is 66.7 Å². The predicted octanol–water partition coefficient (Wildman–Crippen LogP) is 5.01. The normalized spacial score (nSPS) is 12.9. The van der Waals surface area contributed by atoms with Crippen LogP contribution in [0.3, 0.4) is 0 Å². The lowest BCUT2D eigenvalue weighted by atomic mass is 9.83. The minimum Gasteiger partial charge on any atom is -0.321 e. The molecule has 0 fully saturated rings. The van der Waals surface area contributed by atoms with Crippen molar-refractivity contribution in [3.05, 3.63) is 100 Å². The summed E-state index contributed by atoms with van der Waals surface area (Å²) in [5.41, 5.74) is 3.13. The summed E-state index contributed by atoms with van der Waals surface area (Å²) in [6, 6.07) is 19.2. The summed E-state index contributed by atoms with van der Waals surface area (Å²) in [5.74, 6) is -0.779. The van der Waals surface area contributed by atoms with Gasteiger partial charge in [0.1, 0.15) is 0 Å². The highest BCUT2D eigenvalue weighted by Crippen LogP contribution is 2.32. The zero-order chi connectivity index (χ0) is 20.8. The molecule has 1 amide bonds. The van der Waals surface area contributed by atoms with Crippen LogP contribution >= 0.6 is 0 Å². The Hall–Kier alpha value is -3.53. The molecule has 4 rings (SSSR count). The van der Waals surface area contributed by atoms with Crippen LogP contribution in [-0.2, 0) is 5.41 Å². The Balaban J connectivity index is 1.73. The molecule has 0 saturated carbocycles. The number of nitrogens with one attached hydrogen (secondary N) is 1. The van der Waals surface area contributed by atoms with Crippen molar-refractivity contribution in [2.45, 2.75) is 26.2 Å². The van der Waals surface area contributed by atoms with Crippen molar-refractivity contribution < 1.29 is 14.4 Å². The van der Waals surface area contributed by atoms with E-state index in [0.717, 1.165) is 5.56 Å². The van der Waals surface area contributed by atoms with Gasteiger partial charge < -0.3 is 5.32 Å². The molecule has 3 aromatic carbocycles. The predicted molar refractivity (Wildman–Crippen MR) is 113 cm³/mol. The summed E-state index contributed by atoms with van der Waals surface area (Å²) in [4.78, 5) is 38.8. The smallest absolute Gasteiger partial charge is 0.255 e. The van der Waals surface area contributed by atoms with Gasteiger partial charge in [-0.3, -0.25) is 14.4 Å². The van der Waals surface area contributed by atoms with Crippen molar-refractivity contribution in [2.75, 3.05) is 5.32 Å². The Bertz CT molecular complexity index is 1170. The molecule has 0 atom stereocenters. The van der Waals surface area contributed by atoms with Gasteiger partial charge in [-0.15, -0.1) is 0 Å². The van der Waals surface area contributed by atoms with Gasteiger partial charge in [0.25, 0.3) is 5.91 Å². The van der Waals surface area contributed by atoms with Crippen LogP contribution in [0.1, 0.15) is 68.5 Å². The molecule has 0 unspecified atom stereocenters. The second-order valence-corrected chi connectivity index (χ2v) is 8.22. The topological polar surface area (TPSA) is 63.2 Å². The van der Waals surface area contributed by atoms with E-state index in [4.69, 9.17) is 0 Å². The zero-order valence-corrected chi connectivity index (χ0v) is 16.6. The second-order valence-electron chi connectivity index (χ2n) is 8.22. The van der Waals surface area contributed by atoms with Crippen LogP contribution in [0.5, 0.6) is 0 Å². The fraction of sp³-hybridized carbons (Fsp3) is 0.160. The molecule has 144 valence electrons. The van der Waals surface area contributed by atoms with Gasteiger partial charge in [0, 0.05) is 22.3 Å². The van der Waals surface area contributed by atoms with Gasteiger partial charge >= 0.3 is 0 Å². The molecular weight excluding hydrogens is 362 g/mol. The largest absolute Gasteiger partial charge is 0.321 e. The van der Waals surface area contributed by atoms with E-state index >= 15 is 0 Å². The van der Waals surface area contributed by atoms with Crippen LogP contribution in [0.2, 0.25) is 0 Å². The third-order valence-electron chi connectivity index (χ3n) is 5.19.